The van der Waals surface area contributed by atoms with Crippen LogP contribution in [-0.4, -0.2) is 7.11 Å². The van der Waals surface area contributed by atoms with Crippen molar-refractivity contribution in [2.24, 2.45) is 0 Å². The van der Waals surface area contributed by atoms with E-state index < -0.39 is 0 Å². The van der Waals surface area contributed by atoms with E-state index in [0.717, 1.165) is 12.2 Å². The van der Waals surface area contributed by atoms with Crippen molar-refractivity contribution in [3.63, 3.8) is 0 Å². The van der Waals surface area contributed by atoms with Gasteiger partial charge in [-0.3, -0.25) is 0 Å². The Kier molecular flexibility index (Phi) is 1.87. The van der Waals surface area contributed by atoms with E-state index in [1.807, 2.05) is 6.07 Å². The fourth-order valence-electron chi connectivity index (χ4n) is 1.83. The molecule has 0 aliphatic heterocycles. The molecule has 1 aliphatic rings. The number of methoxy groups -OCH3 is 1. The van der Waals surface area contributed by atoms with Crippen LogP contribution in [0.2, 0.25) is 0 Å². The molecule has 2 rings (SSSR count). The third kappa shape index (κ3) is 1.24. The summed E-state index contributed by atoms with van der Waals surface area (Å²) >= 11 is 0. The molecular weight excluding hydrogens is 160 g/mol. The molecular formula is C12H14O. The Morgan fingerprint density at radius 1 is 1.23 bits per heavy atom. The summed E-state index contributed by atoms with van der Waals surface area (Å²) in [6.45, 7) is 4.38. The van der Waals surface area contributed by atoms with E-state index in [1.54, 1.807) is 7.11 Å². The molecule has 0 amide bonds. The highest BCUT2D eigenvalue weighted by molar-refractivity contribution is 5.75. The van der Waals surface area contributed by atoms with Crippen molar-refractivity contribution in [3.8, 4) is 5.75 Å². The van der Waals surface area contributed by atoms with Crippen LogP contribution in [0, 0.1) is 0 Å². The zero-order valence-corrected chi connectivity index (χ0v) is 8.35. The average molecular weight is 174 g/mol. The van der Waals surface area contributed by atoms with E-state index in [2.05, 4.69) is 26.0 Å². The Labute approximate surface area is 79.0 Å². The van der Waals surface area contributed by atoms with Gasteiger partial charge in [-0.15, -0.1) is 0 Å². The highest BCUT2D eigenvalue weighted by atomic mass is 16.5. The van der Waals surface area contributed by atoms with Gasteiger partial charge < -0.3 is 4.74 Å². The number of ether oxygens (including phenoxy) is 1. The maximum absolute atomic E-state index is 5.20. The van der Waals surface area contributed by atoms with E-state index in [9.17, 15) is 0 Å². The maximum Gasteiger partial charge on any atom is 0.119 e. The van der Waals surface area contributed by atoms with Crippen molar-refractivity contribution in [2.75, 3.05) is 7.11 Å². The molecule has 68 valence electrons. The van der Waals surface area contributed by atoms with E-state index in [-0.39, 0.29) is 0 Å². The van der Waals surface area contributed by atoms with E-state index in [1.165, 1.54) is 22.3 Å². The summed E-state index contributed by atoms with van der Waals surface area (Å²) in [5, 5.41) is 0. The monoisotopic (exact) mass is 174 g/mol. The molecule has 1 aliphatic carbocycles. The Morgan fingerprint density at radius 2 is 2.00 bits per heavy atom. The molecule has 1 aromatic rings. The summed E-state index contributed by atoms with van der Waals surface area (Å²) in [6, 6.07) is 6.32. The lowest BCUT2D eigenvalue weighted by Gasteiger charge is -2.04. The highest BCUT2D eigenvalue weighted by Gasteiger charge is 2.15. The second-order valence-electron chi connectivity index (χ2n) is 3.61. The van der Waals surface area contributed by atoms with Crippen molar-refractivity contribution in [3.05, 3.63) is 34.9 Å². The smallest absolute Gasteiger partial charge is 0.119 e. The zero-order chi connectivity index (χ0) is 9.42. The first kappa shape index (κ1) is 8.36. The summed E-state index contributed by atoms with van der Waals surface area (Å²) in [5.74, 6) is 0.952. The van der Waals surface area contributed by atoms with Crippen LogP contribution in [0.5, 0.6) is 5.75 Å². The van der Waals surface area contributed by atoms with Crippen LogP contribution in [0.3, 0.4) is 0 Å². The lowest BCUT2D eigenvalue weighted by atomic mass is 10.1. The second-order valence-corrected chi connectivity index (χ2v) is 3.61. The fourth-order valence-corrected chi connectivity index (χ4v) is 1.83. The van der Waals surface area contributed by atoms with Crippen molar-refractivity contribution in [1.82, 2.24) is 0 Å². The third-order valence-electron chi connectivity index (χ3n) is 2.82. The van der Waals surface area contributed by atoms with Gasteiger partial charge in [-0.1, -0.05) is 11.6 Å². The number of rotatable bonds is 1. The Morgan fingerprint density at radius 3 is 2.69 bits per heavy atom. The number of fused-ring (bicyclic) bond motifs is 1. The van der Waals surface area contributed by atoms with Gasteiger partial charge in [0.1, 0.15) is 5.75 Å². The molecule has 0 spiro atoms. The van der Waals surface area contributed by atoms with Crippen molar-refractivity contribution in [2.45, 2.75) is 20.3 Å². The molecule has 0 aromatic heterocycles. The van der Waals surface area contributed by atoms with E-state index in [4.69, 9.17) is 4.74 Å². The van der Waals surface area contributed by atoms with Crippen LogP contribution in [0.1, 0.15) is 25.0 Å². The molecule has 0 bridgehead atoms. The quantitative estimate of drug-likeness (QED) is 0.635. The van der Waals surface area contributed by atoms with Crippen LogP contribution in [0.15, 0.2) is 23.8 Å². The highest BCUT2D eigenvalue weighted by Crippen LogP contribution is 2.34. The van der Waals surface area contributed by atoms with Gasteiger partial charge in [0.15, 0.2) is 0 Å². The molecule has 0 saturated heterocycles. The normalized spacial score (nSPS) is 14.7. The van der Waals surface area contributed by atoms with Gasteiger partial charge in [0.2, 0.25) is 0 Å². The number of benzene rings is 1. The summed E-state index contributed by atoms with van der Waals surface area (Å²) < 4.78 is 5.20. The molecule has 1 aromatic carbocycles. The lowest BCUT2D eigenvalue weighted by Crippen LogP contribution is -1.87. The predicted molar refractivity (Wildman–Crippen MR) is 55.0 cm³/mol. The number of hydrogen-bond acceptors (Lipinski definition) is 1. The fraction of sp³-hybridized carbons (Fsp3) is 0.333. The molecule has 0 N–H and O–H groups in total. The van der Waals surface area contributed by atoms with Crippen molar-refractivity contribution < 1.29 is 4.74 Å². The van der Waals surface area contributed by atoms with Gasteiger partial charge in [0, 0.05) is 0 Å². The van der Waals surface area contributed by atoms with Gasteiger partial charge in [-0.2, -0.15) is 0 Å². The van der Waals surface area contributed by atoms with Crippen LogP contribution in [-0.2, 0) is 6.42 Å². The number of hydrogen-bond donors (Lipinski definition) is 0. The summed E-state index contributed by atoms with van der Waals surface area (Å²) in [7, 11) is 1.71. The van der Waals surface area contributed by atoms with Crippen LogP contribution in [0.4, 0.5) is 0 Å². The largest absolute Gasteiger partial charge is 0.497 e. The van der Waals surface area contributed by atoms with Gasteiger partial charge in [0.25, 0.3) is 0 Å². The van der Waals surface area contributed by atoms with E-state index >= 15 is 0 Å². The predicted octanol–water partition coefficient (Wildman–Crippen LogP) is 3.04. The van der Waals surface area contributed by atoms with Crippen LogP contribution < -0.4 is 4.74 Å². The first-order valence-corrected chi connectivity index (χ1v) is 4.56. The van der Waals surface area contributed by atoms with Crippen LogP contribution in [0.25, 0.3) is 5.57 Å². The summed E-state index contributed by atoms with van der Waals surface area (Å²) in [6.07, 6.45) is 1.10. The van der Waals surface area contributed by atoms with Gasteiger partial charge >= 0.3 is 0 Å². The molecule has 0 fully saturated rings. The Balaban J connectivity index is 2.52. The first-order chi connectivity index (χ1) is 6.22. The minimum atomic E-state index is 0.952. The Hall–Kier alpha value is -1.24. The molecule has 1 heteroatoms. The molecule has 0 radical (unpaired) electrons. The molecule has 0 atom stereocenters. The van der Waals surface area contributed by atoms with Gasteiger partial charge in [0.05, 0.1) is 7.11 Å². The van der Waals surface area contributed by atoms with Crippen molar-refractivity contribution >= 4 is 5.57 Å². The lowest BCUT2D eigenvalue weighted by molar-refractivity contribution is 0.414. The second kappa shape index (κ2) is 2.91. The molecule has 1 nitrogen and oxygen atoms in total. The SMILES string of the molecule is COc1ccc2c(c1)C(C)=C(C)C2. The minimum absolute atomic E-state index is 0.952. The number of allylic oxidation sites excluding steroid dienone is 2. The summed E-state index contributed by atoms with van der Waals surface area (Å²) in [4.78, 5) is 0. The molecule has 0 saturated carbocycles. The van der Waals surface area contributed by atoms with E-state index in [0.29, 0.717) is 0 Å². The standard InChI is InChI=1S/C12H14O/c1-8-6-10-4-5-11(13-3)7-12(10)9(8)2/h4-5,7H,6H2,1-3H3. The van der Waals surface area contributed by atoms with Gasteiger partial charge in [-0.05, 0) is 49.1 Å². The first-order valence-electron chi connectivity index (χ1n) is 4.56. The third-order valence-corrected chi connectivity index (χ3v) is 2.82. The minimum Gasteiger partial charge on any atom is -0.497 e. The Bertz CT molecular complexity index is 375. The molecule has 13 heavy (non-hydrogen) atoms. The molecule has 0 heterocycles. The van der Waals surface area contributed by atoms with Gasteiger partial charge in [-0.25, -0.2) is 0 Å². The maximum atomic E-state index is 5.20. The van der Waals surface area contributed by atoms with Crippen LogP contribution >= 0.6 is 0 Å². The summed E-state index contributed by atoms with van der Waals surface area (Å²) in [5.41, 5.74) is 5.67. The van der Waals surface area contributed by atoms with Crippen molar-refractivity contribution in [1.29, 1.82) is 0 Å². The zero-order valence-electron chi connectivity index (χ0n) is 8.35. The topological polar surface area (TPSA) is 9.23 Å². The molecule has 0 unspecified atom stereocenters. The average Bonchev–Trinajstić information content (AvgIpc) is 2.43.